The van der Waals surface area contributed by atoms with Crippen molar-refractivity contribution < 1.29 is 4.79 Å². The van der Waals surface area contributed by atoms with E-state index in [1.165, 1.54) is 0 Å². The predicted molar refractivity (Wildman–Crippen MR) is 72.3 cm³/mol. The van der Waals surface area contributed by atoms with E-state index in [1.807, 2.05) is 20.8 Å². The number of hydrogen-bond acceptors (Lipinski definition) is 4. The lowest BCUT2D eigenvalue weighted by atomic mass is 9.96. The van der Waals surface area contributed by atoms with Crippen molar-refractivity contribution in [2.24, 2.45) is 0 Å². The first-order valence-electron chi connectivity index (χ1n) is 5.73. The minimum atomic E-state index is -0.429. The van der Waals surface area contributed by atoms with Crippen LogP contribution in [0.2, 0.25) is 5.15 Å². The molecule has 0 unspecified atom stereocenters. The van der Waals surface area contributed by atoms with E-state index in [0.29, 0.717) is 16.8 Å². The first-order valence-corrected chi connectivity index (χ1v) is 6.11. The van der Waals surface area contributed by atoms with Crippen LogP contribution in [0.5, 0.6) is 0 Å². The van der Waals surface area contributed by atoms with Gasteiger partial charge in [-0.05, 0) is 12.1 Å². The molecule has 0 spiro atoms. The molecular formula is C12H14ClN5O. The fourth-order valence-corrected chi connectivity index (χ4v) is 1.51. The first kappa shape index (κ1) is 13.5. The van der Waals surface area contributed by atoms with Crippen LogP contribution < -0.4 is 5.32 Å². The van der Waals surface area contributed by atoms with Crippen LogP contribution in [-0.2, 0) is 5.41 Å². The summed E-state index contributed by atoms with van der Waals surface area (Å²) in [5.74, 6) is 0.657. The van der Waals surface area contributed by atoms with E-state index >= 15 is 0 Å². The molecule has 2 aromatic heterocycles. The highest BCUT2D eigenvalue weighted by molar-refractivity contribution is 6.29. The van der Waals surface area contributed by atoms with E-state index in [9.17, 15) is 4.79 Å². The molecule has 100 valence electrons. The molecule has 0 bridgehead atoms. The molecule has 2 N–H and O–H groups in total. The second-order valence-corrected chi connectivity index (χ2v) is 5.44. The number of anilines is 1. The number of carbonyl (C=O) groups excluding carboxylic acids is 1. The van der Waals surface area contributed by atoms with Crippen LogP contribution >= 0.6 is 11.6 Å². The molecule has 19 heavy (non-hydrogen) atoms. The lowest BCUT2D eigenvalue weighted by molar-refractivity contribution is 0.101. The Balaban J connectivity index is 2.14. The fourth-order valence-electron chi connectivity index (χ4n) is 1.35. The maximum absolute atomic E-state index is 11.9. The summed E-state index contributed by atoms with van der Waals surface area (Å²) in [7, 11) is 0. The van der Waals surface area contributed by atoms with Crippen LogP contribution in [0.15, 0.2) is 18.2 Å². The number of H-pyrrole nitrogens is 1. The lowest BCUT2D eigenvalue weighted by Gasteiger charge is -2.12. The molecule has 0 fully saturated rings. The van der Waals surface area contributed by atoms with Crippen LogP contribution in [-0.4, -0.2) is 26.1 Å². The Morgan fingerprint density at radius 2 is 2.05 bits per heavy atom. The van der Waals surface area contributed by atoms with Gasteiger partial charge in [-0.3, -0.25) is 9.89 Å². The van der Waals surface area contributed by atoms with Gasteiger partial charge in [-0.1, -0.05) is 38.4 Å². The number of aromatic amines is 1. The molecule has 0 aliphatic rings. The second-order valence-electron chi connectivity index (χ2n) is 5.06. The van der Waals surface area contributed by atoms with E-state index in [0.717, 1.165) is 0 Å². The Bertz CT molecular complexity index is 602. The van der Waals surface area contributed by atoms with Crippen molar-refractivity contribution in [3.8, 4) is 0 Å². The summed E-state index contributed by atoms with van der Waals surface area (Å²) in [6.07, 6.45) is 0. The van der Waals surface area contributed by atoms with E-state index in [1.54, 1.807) is 18.2 Å². The van der Waals surface area contributed by atoms with E-state index in [-0.39, 0.29) is 11.2 Å². The molecule has 2 rings (SSSR count). The number of nitrogens with one attached hydrogen (secondary N) is 2. The number of pyridine rings is 1. The van der Waals surface area contributed by atoms with Gasteiger partial charge in [-0.15, -0.1) is 5.10 Å². The van der Waals surface area contributed by atoms with Crippen LogP contribution in [0, 0.1) is 0 Å². The molecule has 0 saturated heterocycles. The van der Waals surface area contributed by atoms with Gasteiger partial charge in [0.2, 0.25) is 5.82 Å². The third kappa shape index (κ3) is 3.29. The Labute approximate surface area is 115 Å². The SMILES string of the molecule is CC(C)(C)c1nc(C(=O)Nc2cccc(Cl)n2)n[nH]1. The molecule has 2 aromatic rings. The minimum Gasteiger partial charge on any atom is -0.304 e. The molecule has 1 amide bonds. The van der Waals surface area contributed by atoms with Gasteiger partial charge in [0, 0.05) is 5.41 Å². The average Bonchev–Trinajstić information content (AvgIpc) is 2.77. The van der Waals surface area contributed by atoms with Crippen molar-refractivity contribution in [1.29, 1.82) is 0 Å². The summed E-state index contributed by atoms with van der Waals surface area (Å²) >= 11 is 5.74. The van der Waals surface area contributed by atoms with E-state index in [4.69, 9.17) is 11.6 Å². The maximum atomic E-state index is 11.9. The highest BCUT2D eigenvalue weighted by Crippen LogP contribution is 2.17. The fraction of sp³-hybridized carbons (Fsp3) is 0.333. The molecule has 2 heterocycles. The molecule has 0 atom stereocenters. The Morgan fingerprint density at radius 1 is 1.32 bits per heavy atom. The molecule has 7 heteroatoms. The van der Waals surface area contributed by atoms with Crippen LogP contribution in [0.4, 0.5) is 5.82 Å². The average molecular weight is 280 g/mol. The monoisotopic (exact) mass is 279 g/mol. The summed E-state index contributed by atoms with van der Waals surface area (Å²) in [6.45, 7) is 5.94. The van der Waals surface area contributed by atoms with Crippen molar-refractivity contribution in [2.75, 3.05) is 5.32 Å². The van der Waals surface area contributed by atoms with Crippen molar-refractivity contribution in [3.05, 3.63) is 35.0 Å². The molecule has 0 aromatic carbocycles. The minimum absolute atomic E-state index is 0.0756. The number of carbonyl (C=O) groups is 1. The van der Waals surface area contributed by atoms with Crippen LogP contribution in [0.1, 0.15) is 37.2 Å². The zero-order valence-electron chi connectivity index (χ0n) is 10.9. The highest BCUT2D eigenvalue weighted by Gasteiger charge is 2.21. The smallest absolute Gasteiger partial charge is 0.296 e. The number of nitrogens with zero attached hydrogens (tertiary/aromatic N) is 3. The number of amides is 1. The normalized spacial score (nSPS) is 11.4. The van der Waals surface area contributed by atoms with Gasteiger partial charge in [0.25, 0.3) is 5.91 Å². The Kier molecular flexibility index (Phi) is 3.53. The van der Waals surface area contributed by atoms with Gasteiger partial charge < -0.3 is 5.32 Å². The number of aromatic nitrogens is 4. The number of rotatable bonds is 2. The van der Waals surface area contributed by atoms with Crippen molar-refractivity contribution in [2.45, 2.75) is 26.2 Å². The first-order chi connectivity index (χ1) is 8.86. The van der Waals surface area contributed by atoms with Crippen LogP contribution in [0.3, 0.4) is 0 Å². The van der Waals surface area contributed by atoms with Gasteiger partial charge >= 0.3 is 0 Å². The number of hydrogen-bond donors (Lipinski definition) is 2. The van der Waals surface area contributed by atoms with Gasteiger partial charge in [-0.2, -0.15) is 0 Å². The van der Waals surface area contributed by atoms with Gasteiger partial charge in [-0.25, -0.2) is 9.97 Å². The zero-order chi connectivity index (χ0) is 14.0. The summed E-state index contributed by atoms with van der Waals surface area (Å²) < 4.78 is 0. The third-order valence-electron chi connectivity index (χ3n) is 2.36. The van der Waals surface area contributed by atoms with Gasteiger partial charge in [0.05, 0.1) is 0 Å². The standard InChI is InChI=1S/C12H14ClN5O/c1-12(2,3)11-16-9(17-18-11)10(19)15-8-6-4-5-7(13)14-8/h4-6H,1-3H3,(H,14,15,19)(H,16,17,18). The maximum Gasteiger partial charge on any atom is 0.296 e. The summed E-state index contributed by atoms with van der Waals surface area (Å²) in [6, 6.07) is 4.96. The Morgan fingerprint density at radius 3 is 2.63 bits per heavy atom. The highest BCUT2D eigenvalue weighted by atomic mass is 35.5. The second kappa shape index (κ2) is 4.97. The van der Waals surface area contributed by atoms with Crippen molar-refractivity contribution in [1.82, 2.24) is 20.2 Å². The lowest BCUT2D eigenvalue weighted by Crippen LogP contribution is -2.16. The molecule has 0 saturated carbocycles. The van der Waals surface area contributed by atoms with E-state index < -0.39 is 5.91 Å². The molecular weight excluding hydrogens is 266 g/mol. The largest absolute Gasteiger partial charge is 0.304 e. The summed E-state index contributed by atoms with van der Waals surface area (Å²) in [5.41, 5.74) is -0.195. The third-order valence-corrected chi connectivity index (χ3v) is 2.57. The van der Waals surface area contributed by atoms with Crippen molar-refractivity contribution in [3.63, 3.8) is 0 Å². The molecule has 6 nitrogen and oxygen atoms in total. The number of halogens is 1. The Hall–Kier alpha value is -1.95. The topological polar surface area (TPSA) is 83.6 Å². The van der Waals surface area contributed by atoms with Crippen molar-refractivity contribution >= 4 is 23.3 Å². The van der Waals surface area contributed by atoms with E-state index in [2.05, 4.69) is 25.5 Å². The predicted octanol–water partition coefficient (Wildman–Crippen LogP) is 2.40. The molecule has 0 aliphatic carbocycles. The van der Waals surface area contributed by atoms with Gasteiger partial charge in [0.1, 0.15) is 16.8 Å². The zero-order valence-corrected chi connectivity index (χ0v) is 11.6. The summed E-state index contributed by atoms with van der Waals surface area (Å²) in [5, 5.41) is 9.54. The molecule has 0 radical (unpaired) electrons. The molecule has 0 aliphatic heterocycles. The van der Waals surface area contributed by atoms with Gasteiger partial charge in [0.15, 0.2) is 0 Å². The summed E-state index contributed by atoms with van der Waals surface area (Å²) in [4.78, 5) is 20.0. The quantitative estimate of drug-likeness (QED) is 0.827. The van der Waals surface area contributed by atoms with Crippen LogP contribution in [0.25, 0.3) is 0 Å².